The van der Waals surface area contributed by atoms with E-state index in [0.29, 0.717) is 0 Å². The zero-order valence-electron chi connectivity index (χ0n) is 36.1. The van der Waals surface area contributed by atoms with Crippen LogP contribution in [0.25, 0.3) is 33.4 Å². The van der Waals surface area contributed by atoms with E-state index in [9.17, 15) is 0 Å². The lowest BCUT2D eigenvalue weighted by atomic mass is 9.55. The highest BCUT2D eigenvalue weighted by atomic mass is 16.5. The van der Waals surface area contributed by atoms with E-state index in [0.717, 1.165) is 33.9 Å². The third-order valence-electron chi connectivity index (χ3n) is 15.3. The van der Waals surface area contributed by atoms with Crippen LogP contribution in [0.5, 0.6) is 5.75 Å². The molecule has 2 atom stereocenters. The first-order valence-electron chi connectivity index (χ1n) is 22.5. The second-order valence-electron chi connectivity index (χ2n) is 19.2. The van der Waals surface area contributed by atoms with Crippen LogP contribution < -0.4 is 9.64 Å². The van der Waals surface area contributed by atoms with E-state index >= 15 is 0 Å². The van der Waals surface area contributed by atoms with Crippen molar-refractivity contribution in [1.29, 1.82) is 0 Å². The van der Waals surface area contributed by atoms with Gasteiger partial charge in [-0.2, -0.15) is 0 Å². The summed E-state index contributed by atoms with van der Waals surface area (Å²) in [6.45, 7) is 9.54. The molecule has 0 saturated carbocycles. The number of ether oxygens (including phenoxy) is 1. The fraction of sp³-hybridized carbons (Fsp3) is 0.148. The molecule has 8 aromatic rings. The molecule has 0 aromatic heterocycles. The SMILES string of the molecule is CC1(C)c2ccccc2-c2ccc(N(c3ccc(-c4ccc5c(c4)OC4C=CC=CC54)cc3)c3ccc4c(c3)C3(c5ccccc5-4)c4ccccc4C(C)(C)c4ccccc43)cc21. The van der Waals surface area contributed by atoms with E-state index in [2.05, 4.69) is 233 Å². The lowest BCUT2D eigenvalue weighted by Gasteiger charge is -2.46. The highest BCUT2D eigenvalue weighted by molar-refractivity contribution is 5.92. The van der Waals surface area contributed by atoms with E-state index in [4.69, 9.17) is 4.74 Å². The Balaban J connectivity index is 1.01. The Morgan fingerprint density at radius 1 is 0.397 bits per heavy atom. The van der Waals surface area contributed by atoms with Crippen molar-refractivity contribution in [2.24, 2.45) is 0 Å². The second kappa shape index (κ2) is 12.9. The summed E-state index contributed by atoms with van der Waals surface area (Å²) in [4.78, 5) is 2.49. The molecule has 2 heteroatoms. The van der Waals surface area contributed by atoms with Crippen LogP contribution >= 0.6 is 0 Å². The topological polar surface area (TPSA) is 12.5 Å². The lowest BCUT2D eigenvalue weighted by Crippen LogP contribution is -2.40. The maximum atomic E-state index is 6.44. The van der Waals surface area contributed by atoms with Gasteiger partial charge in [0, 0.05) is 39.4 Å². The van der Waals surface area contributed by atoms with E-state index in [1.54, 1.807) is 0 Å². The molecule has 0 N–H and O–H groups in total. The summed E-state index contributed by atoms with van der Waals surface area (Å²) in [7, 11) is 0. The summed E-state index contributed by atoms with van der Waals surface area (Å²) >= 11 is 0. The molecule has 1 spiro atoms. The van der Waals surface area contributed by atoms with Gasteiger partial charge >= 0.3 is 0 Å². The second-order valence-corrected chi connectivity index (χ2v) is 19.2. The molecule has 2 unspecified atom stereocenters. The maximum Gasteiger partial charge on any atom is 0.128 e. The quantitative estimate of drug-likeness (QED) is 0.176. The predicted molar refractivity (Wildman–Crippen MR) is 259 cm³/mol. The highest BCUT2D eigenvalue weighted by Crippen LogP contribution is 2.63. The van der Waals surface area contributed by atoms with Crippen molar-refractivity contribution in [2.45, 2.75) is 56.0 Å². The van der Waals surface area contributed by atoms with Crippen LogP contribution in [0.4, 0.5) is 17.1 Å². The number of hydrogen-bond donors (Lipinski definition) is 0. The standard InChI is InChI=1S/C61H47NO/c1-59(2)49-18-8-5-15-43(49)45-33-30-41(36-55(45)59)62(40-28-25-38(26-29-40)39-27-32-48-47-17-7-14-24-57(47)63-58(48)35-39)42-31-34-46-44-16-6-9-19-50(44)61(56(46)37-42)53-22-12-10-20-51(53)60(3,4)52-21-11-13-23-54(52)61/h5-37,47,57H,1-4H3. The zero-order valence-corrected chi connectivity index (χ0v) is 36.1. The molecule has 0 radical (unpaired) electrons. The van der Waals surface area contributed by atoms with Gasteiger partial charge in [0.2, 0.25) is 0 Å². The van der Waals surface area contributed by atoms with E-state index < -0.39 is 5.41 Å². The summed E-state index contributed by atoms with van der Waals surface area (Å²) in [5.41, 5.74) is 22.4. The van der Waals surface area contributed by atoms with Gasteiger partial charge in [0.1, 0.15) is 11.9 Å². The van der Waals surface area contributed by atoms with Crippen molar-refractivity contribution in [3.8, 4) is 39.1 Å². The fourth-order valence-corrected chi connectivity index (χ4v) is 12.3. The molecule has 63 heavy (non-hydrogen) atoms. The van der Waals surface area contributed by atoms with E-state index in [1.165, 1.54) is 72.3 Å². The van der Waals surface area contributed by atoms with Gasteiger partial charge < -0.3 is 9.64 Å². The molecule has 1 aliphatic heterocycles. The first-order valence-corrected chi connectivity index (χ1v) is 22.5. The molecular weight excluding hydrogens is 763 g/mol. The first kappa shape index (κ1) is 36.5. The summed E-state index contributed by atoms with van der Waals surface area (Å²) < 4.78 is 6.44. The Morgan fingerprint density at radius 3 is 1.57 bits per heavy atom. The number of rotatable bonds is 4. The van der Waals surface area contributed by atoms with Crippen LogP contribution in [0.15, 0.2) is 200 Å². The van der Waals surface area contributed by atoms with Crippen LogP contribution in [0, 0.1) is 0 Å². The Labute approximate surface area is 370 Å². The Morgan fingerprint density at radius 2 is 0.889 bits per heavy atom. The largest absolute Gasteiger partial charge is 0.485 e. The predicted octanol–water partition coefficient (Wildman–Crippen LogP) is 15.1. The minimum absolute atomic E-state index is 0.0718. The van der Waals surface area contributed by atoms with Crippen LogP contribution in [0.1, 0.15) is 83.7 Å². The summed E-state index contributed by atoms with van der Waals surface area (Å²) in [6, 6.07) is 66.8. The van der Waals surface area contributed by atoms with E-state index in [1.807, 2.05) is 0 Å². The fourth-order valence-electron chi connectivity index (χ4n) is 12.3. The Kier molecular flexibility index (Phi) is 7.49. The van der Waals surface area contributed by atoms with E-state index in [-0.39, 0.29) is 22.9 Å². The van der Waals surface area contributed by atoms with Gasteiger partial charge in [-0.1, -0.05) is 179 Å². The zero-order chi connectivity index (χ0) is 42.2. The third kappa shape index (κ3) is 4.90. The number of anilines is 3. The molecule has 13 rings (SSSR count). The van der Waals surface area contributed by atoms with Crippen LogP contribution in [-0.2, 0) is 16.2 Å². The monoisotopic (exact) mass is 809 g/mol. The number of allylic oxidation sites excluding steroid dienone is 2. The van der Waals surface area contributed by atoms with Gasteiger partial charge in [0.05, 0.1) is 5.41 Å². The Hall–Kier alpha value is -7.16. The van der Waals surface area contributed by atoms with Crippen molar-refractivity contribution in [3.05, 3.63) is 250 Å². The molecule has 0 amide bonds. The summed E-state index contributed by atoms with van der Waals surface area (Å²) in [5.74, 6) is 1.26. The molecule has 5 aliphatic rings. The first-order chi connectivity index (χ1) is 30.7. The van der Waals surface area contributed by atoms with Crippen molar-refractivity contribution in [2.75, 3.05) is 4.90 Å². The van der Waals surface area contributed by atoms with Crippen LogP contribution in [0.2, 0.25) is 0 Å². The third-order valence-corrected chi connectivity index (χ3v) is 15.3. The lowest BCUT2D eigenvalue weighted by molar-refractivity contribution is 0.269. The van der Waals surface area contributed by atoms with Crippen molar-refractivity contribution in [3.63, 3.8) is 0 Å². The molecular formula is C61H47NO. The van der Waals surface area contributed by atoms with Gasteiger partial charge in [-0.05, 0) is 126 Å². The van der Waals surface area contributed by atoms with Gasteiger partial charge in [0.15, 0.2) is 0 Å². The molecule has 0 fully saturated rings. The molecule has 0 bridgehead atoms. The van der Waals surface area contributed by atoms with Crippen molar-refractivity contribution >= 4 is 17.1 Å². The highest BCUT2D eigenvalue weighted by Gasteiger charge is 2.53. The van der Waals surface area contributed by atoms with Crippen LogP contribution in [0.3, 0.4) is 0 Å². The molecule has 1 heterocycles. The molecule has 0 saturated heterocycles. The van der Waals surface area contributed by atoms with Gasteiger partial charge in [-0.3, -0.25) is 0 Å². The maximum absolute atomic E-state index is 6.44. The number of hydrogen-bond acceptors (Lipinski definition) is 2. The normalized spacial score (nSPS) is 18.9. The molecule has 2 nitrogen and oxygen atoms in total. The smallest absolute Gasteiger partial charge is 0.128 e. The van der Waals surface area contributed by atoms with Crippen molar-refractivity contribution < 1.29 is 4.74 Å². The molecule has 4 aliphatic carbocycles. The Bertz CT molecular complexity index is 3240. The minimum atomic E-state index is -0.486. The molecule has 8 aromatic carbocycles. The summed E-state index contributed by atoms with van der Waals surface area (Å²) in [6.07, 6.45) is 8.71. The number of nitrogens with zero attached hydrogens (tertiary/aromatic N) is 1. The van der Waals surface area contributed by atoms with Crippen LogP contribution in [-0.4, -0.2) is 6.10 Å². The average molecular weight is 810 g/mol. The van der Waals surface area contributed by atoms with Gasteiger partial charge in [0.25, 0.3) is 0 Å². The number of benzene rings is 8. The van der Waals surface area contributed by atoms with Crippen molar-refractivity contribution in [1.82, 2.24) is 0 Å². The molecule has 302 valence electrons. The van der Waals surface area contributed by atoms with Gasteiger partial charge in [-0.25, -0.2) is 0 Å². The summed E-state index contributed by atoms with van der Waals surface area (Å²) in [5, 5.41) is 0. The number of fused-ring (bicyclic) bond motifs is 15. The average Bonchev–Trinajstić information content (AvgIpc) is 3.92. The minimum Gasteiger partial charge on any atom is -0.485 e. The van der Waals surface area contributed by atoms with Gasteiger partial charge in [-0.15, -0.1) is 0 Å².